The topological polar surface area (TPSA) is 0 Å². The average Bonchev–Trinajstić information content (AvgIpc) is 1.72. The summed E-state index contributed by atoms with van der Waals surface area (Å²) in [4.78, 5) is 0. The Morgan fingerprint density at radius 3 is 1.50 bits per heavy atom. The first-order valence-electron chi connectivity index (χ1n) is 1.91. The molecule has 0 aliphatic rings. The minimum atomic E-state index is 0. The SMILES string of the molecule is [Pd].[Y].[c-]1ccccc1. The van der Waals surface area contributed by atoms with Crippen LogP contribution in [0.5, 0.6) is 0 Å². The van der Waals surface area contributed by atoms with Gasteiger partial charge in [-0.15, -0.1) is 0 Å². The molecule has 0 atom stereocenters. The fourth-order valence-electron chi connectivity index (χ4n) is 0.342. The van der Waals surface area contributed by atoms with E-state index in [2.05, 4.69) is 6.07 Å². The molecule has 0 aliphatic carbocycles. The van der Waals surface area contributed by atoms with Crippen LogP contribution in [0.25, 0.3) is 0 Å². The smallest absolute Gasteiger partial charge is 0 e. The van der Waals surface area contributed by atoms with E-state index in [9.17, 15) is 0 Å². The Labute approximate surface area is 88.6 Å². The Bertz CT molecular complexity index is 80.5. The summed E-state index contributed by atoms with van der Waals surface area (Å²) in [7, 11) is 0. The van der Waals surface area contributed by atoms with Gasteiger partial charge in [0.2, 0.25) is 0 Å². The van der Waals surface area contributed by atoms with Crippen LogP contribution in [0.15, 0.2) is 30.3 Å². The number of hydrogen-bond acceptors (Lipinski definition) is 0. The van der Waals surface area contributed by atoms with Gasteiger partial charge in [-0.2, -0.15) is 36.4 Å². The molecule has 1 radical (unpaired) electrons. The Hall–Kier alpha value is 0.986. The van der Waals surface area contributed by atoms with Crippen LogP contribution in [0.3, 0.4) is 0 Å². The monoisotopic (exact) mass is 272 g/mol. The van der Waals surface area contributed by atoms with Crippen LogP contribution in [-0.4, -0.2) is 0 Å². The molecule has 1 aromatic carbocycles. The van der Waals surface area contributed by atoms with E-state index < -0.39 is 0 Å². The summed E-state index contributed by atoms with van der Waals surface area (Å²) < 4.78 is 0. The van der Waals surface area contributed by atoms with Gasteiger partial charge in [0.15, 0.2) is 0 Å². The second kappa shape index (κ2) is 7.99. The number of benzene rings is 1. The number of hydrogen-bond donors (Lipinski definition) is 0. The molecule has 0 amide bonds. The quantitative estimate of drug-likeness (QED) is 0.496. The van der Waals surface area contributed by atoms with Crippen molar-refractivity contribution in [1.82, 2.24) is 0 Å². The van der Waals surface area contributed by atoms with E-state index in [-0.39, 0.29) is 53.1 Å². The Balaban J connectivity index is 0. The van der Waals surface area contributed by atoms with Crippen molar-refractivity contribution in [1.29, 1.82) is 0 Å². The zero-order valence-electron chi connectivity index (χ0n) is 4.28. The standard InChI is InChI=1S/C6H5.Pd.Y/c1-2-4-6-5-3-1;;/h1-5H;;/q-1;;. The second-order valence-electron chi connectivity index (χ2n) is 1.08. The molecule has 0 unspecified atom stereocenters. The van der Waals surface area contributed by atoms with Gasteiger partial charge in [0.1, 0.15) is 0 Å². The predicted octanol–water partition coefficient (Wildman–Crippen LogP) is 1.48. The first kappa shape index (κ1) is 11.7. The Morgan fingerprint density at radius 1 is 0.875 bits per heavy atom. The summed E-state index contributed by atoms with van der Waals surface area (Å²) in [5, 5.41) is 0. The van der Waals surface area contributed by atoms with Gasteiger partial charge >= 0.3 is 0 Å². The van der Waals surface area contributed by atoms with E-state index in [1.54, 1.807) is 0 Å². The molecule has 1 rings (SSSR count). The molecule has 0 spiro atoms. The van der Waals surface area contributed by atoms with Crippen LogP contribution in [-0.2, 0) is 53.1 Å². The fourth-order valence-corrected chi connectivity index (χ4v) is 0.342. The predicted molar refractivity (Wildman–Crippen MR) is 25.3 cm³/mol. The van der Waals surface area contributed by atoms with Crippen molar-refractivity contribution in [3.63, 3.8) is 0 Å². The third-order valence-electron chi connectivity index (χ3n) is 0.607. The van der Waals surface area contributed by atoms with E-state index in [1.165, 1.54) is 0 Å². The van der Waals surface area contributed by atoms with Crippen molar-refractivity contribution < 1.29 is 53.1 Å². The van der Waals surface area contributed by atoms with Crippen molar-refractivity contribution in [2.75, 3.05) is 0 Å². The molecule has 8 heavy (non-hydrogen) atoms. The van der Waals surface area contributed by atoms with Gasteiger partial charge in [-0.1, -0.05) is 0 Å². The first-order valence-corrected chi connectivity index (χ1v) is 1.91. The average molecular weight is 272 g/mol. The normalized spacial score (nSPS) is 6.00. The van der Waals surface area contributed by atoms with Crippen molar-refractivity contribution in [2.24, 2.45) is 0 Å². The Kier molecular flexibility index (Phi) is 11.7. The van der Waals surface area contributed by atoms with E-state index in [0.29, 0.717) is 0 Å². The minimum Gasteiger partial charge on any atom is -0.184 e. The first-order chi connectivity index (χ1) is 3.00. The summed E-state index contributed by atoms with van der Waals surface area (Å²) in [6.07, 6.45) is 0. The molecule has 0 saturated carbocycles. The molecule has 43 valence electrons. The van der Waals surface area contributed by atoms with Crippen molar-refractivity contribution in [3.8, 4) is 0 Å². The molecule has 0 saturated heterocycles. The summed E-state index contributed by atoms with van der Waals surface area (Å²) in [5.41, 5.74) is 0. The maximum Gasteiger partial charge on any atom is 0 e. The number of rotatable bonds is 0. The third-order valence-corrected chi connectivity index (χ3v) is 0.607. The molecular formula is C6H5PdY-. The fraction of sp³-hybridized carbons (Fsp3) is 0. The zero-order valence-corrected chi connectivity index (χ0v) is 8.67. The maximum absolute atomic E-state index is 2.89. The summed E-state index contributed by atoms with van der Waals surface area (Å²) in [5.74, 6) is 0. The van der Waals surface area contributed by atoms with E-state index >= 15 is 0 Å². The van der Waals surface area contributed by atoms with Gasteiger partial charge in [0.05, 0.1) is 0 Å². The van der Waals surface area contributed by atoms with Crippen LogP contribution in [0.4, 0.5) is 0 Å². The molecule has 0 heterocycles. The van der Waals surface area contributed by atoms with Crippen LogP contribution < -0.4 is 0 Å². The van der Waals surface area contributed by atoms with E-state index in [4.69, 9.17) is 0 Å². The molecule has 2 heteroatoms. The van der Waals surface area contributed by atoms with E-state index in [0.717, 1.165) is 0 Å². The largest absolute Gasteiger partial charge is 0.184 e. The molecule has 0 fully saturated rings. The summed E-state index contributed by atoms with van der Waals surface area (Å²) >= 11 is 0. The maximum atomic E-state index is 2.89. The van der Waals surface area contributed by atoms with Crippen molar-refractivity contribution in [3.05, 3.63) is 36.4 Å². The van der Waals surface area contributed by atoms with Gasteiger partial charge in [-0.3, -0.25) is 0 Å². The Morgan fingerprint density at radius 2 is 1.38 bits per heavy atom. The molecule has 0 N–H and O–H groups in total. The van der Waals surface area contributed by atoms with Gasteiger partial charge in [-0.25, -0.2) is 0 Å². The molecule has 0 aromatic heterocycles. The second-order valence-corrected chi connectivity index (χ2v) is 1.08. The van der Waals surface area contributed by atoms with Crippen molar-refractivity contribution in [2.45, 2.75) is 0 Å². The molecule has 0 nitrogen and oxygen atoms in total. The van der Waals surface area contributed by atoms with Crippen LogP contribution in [0.1, 0.15) is 0 Å². The molecular weight excluding hydrogens is 267 g/mol. The van der Waals surface area contributed by atoms with E-state index in [1.807, 2.05) is 30.3 Å². The van der Waals surface area contributed by atoms with Gasteiger partial charge < -0.3 is 0 Å². The van der Waals surface area contributed by atoms with Crippen molar-refractivity contribution >= 4 is 0 Å². The summed E-state index contributed by atoms with van der Waals surface area (Å²) in [6.45, 7) is 0. The van der Waals surface area contributed by atoms with Gasteiger partial charge in [-0.05, 0) is 0 Å². The van der Waals surface area contributed by atoms with Crippen LogP contribution in [0.2, 0.25) is 0 Å². The molecule has 0 aliphatic heterocycles. The van der Waals surface area contributed by atoms with Gasteiger partial charge in [0, 0.05) is 53.1 Å². The third kappa shape index (κ3) is 5.13. The van der Waals surface area contributed by atoms with Crippen LogP contribution in [0, 0.1) is 6.07 Å². The molecule has 0 bridgehead atoms. The zero-order chi connectivity index (χ0) is 4.24. The summed E-state index contributed by atoms with van der Waals surface area (Å²) in [6, 6.07) is 12.5. The van der Waals surface area contributed by atoms with Gasteiger partial charge in [0.25, 0.3) is 0 Å². The minimum absolute atomic E-state index is 0. The van der Waals surface area contributed by atoms with Crippen LogP contribution >= 0.6 is 0 Å². The molecule has 1 aromatic rings.